The molecule has 0 radical (unpaired) electrons. The molecular weight excluding hydrogens is 196 g/mol. The molecule has 88 valence electrons. The fraction of sp³-hybridized carbons (Fsp3) is 0.909. The quantitative estimate of drug-likeness (QED) is 0.711. The second kappa shape index (κ2) is 5.47. The van der Waals surface area contributed by atoms with Gasteiger partial charge >= 0.3 is 5.97 Å². The van der Waals surface area contributed by atoms with Crippen molar-refractivity contribution >= 4 is 5.97 Å². The van der Waals surface area contributed by atoms with E-state index in [1.165, 1.54) is 7.11 Å². The summed E-state index contributed by atoms with van der Waals surface area (Å²) in [5, 5.41) is 10.1. The van der Waals surface area contributed by atoms with Gasteiger partial charge in [-0.2, -0.15) is 0 Å². The third kappa shape index (κ3) is 2.92. The third-order valence-corrected chi connectivity index (χ3v) is 2.91. The van der Waals surface area contributed by atoms with E-state index in [2.05, 4.69) is 0 Å². The summed E-state index contributed by atoms with van der Waals surface area (Å²) in [6, 6.07) is 0. The predicted molar refractivity (Wildman–Crippen MR) is 55.3 cm³/mol. The smallest absolute Gasteiger partial charge is 0.311 e. The van der Waals surface area contributed by atoms with Gasteiger partial charge in [0.2, 0.25) is 0 Å². The molecule has 3 unspecified atom stereocenters. The monoisotopic (exact) mass is 216 g/mol. The Morgan fingerprint density at radius 1 is 1.53 bits per heavy atom. The summed E-state index contributed by atoms with van der Waals surface area (Å²) >= 11 is 0. The third-order valence-electron chi connectivity index (χ3n) is 2.91. The van der Waals surface area contributed by atoms with Crippen molar-refractivity contribution in [2.75, 3.05) is 13.7 Å². The number of rotatable bonds is 4. The molecule has 0 amide bonds. The van der Waals surface area contributed by atoms with Gasteiger partial charge in [-0.05, 0) is 18.8 Å². The first-order chi connectivity index (χ1) is 7.07. The highest BCUT2D eigenvalue weighted by Crippen LogP contribution is 2.26. The van der Waals surface area contributed by atoms with Crippen molar-refractivity contribution < 1.29 is 19.4 Å². The molecule has 0 bridgehead atoms. The van der Waals surface area contributed by atoms with E-state index in [9.17, 15) is 9.90 Å². The number of esters is 1. The first kappa shape index (κ1) is 12.5. The van der Waals surface area contributed by atoms with Crippen molar-refractivity contribution in [2.24, 2.45) is 11.8 Å². The molecule has 1 aliphatic rings. The first-order valence-electron chi connectivity index (χ1n) is 5.45. The Bertz CT molecular complexity index is 209. The van der Waals surface area contributed by atoms with Gasteiger partial charge in [0.1, 0.15) is 0 Å². The first-order valence-corrected chi connectivity index (χ1v) is 5.45. The molecule has 15 heavy (non-hydrogen) atoms. The summed E-state index contributed by atoms with van der Waals surface area (Å²) in [6.45, 7) is 4.48. The zero-order chi connectivity index (χ0) is 11.4. The number of carbonyl (C=O) groups is 1. The minimum atomic E-state index is -0.750. The van der Waals surface area contributed by atoms with Crippen LogP contribution < -0.4 is 0 Å². The molecule has 1 aliphatic heterocycles. The maximum absolute atomic E-state index is 11.5. The lowest BCUT2D eigenvalue weighted by molar-refractivity contribution is -0.156. The zero-order valence-electron chi connectivity index (χ0n) is 9.60. The molecule has 1 saturated heterocycles. The highest BCUT2D eigenvalue weighted by Gasteiger charge is 2.37. The Balaban J connectivity index is 2.65. The second-order valence-corrected chi connectivity index (χ2v) is 4.34. The number of ether oxygens (including phenoxy) is 2. The minimum Gasteiger partial charge on any atom is -0.469 e. The molecule has 1 N–H and O–H groups in total. The lowest BCUT2D eigenvalue weighted by atomic mass is 9.87. The molecule has 0 spiro atoms. The standard InChI is InChI=1S/C11H20O4/c1-7(2)9(11(13)14-3)10(12)8-5-4-6-15-8/h7-10,12H,4-6H2,1-3H3. The van der Waals surface area contributed by atoms with Gasteiger partial charge in [-0.15, -0.1) is 0 Å². The van der Waals surface area contributed by atoms with Crippen LogP contribution in [0.5, 0.6) is 0 Å². The summed E-state index contributed by atoms with van der Waals surface area (Å²) < 4.78 is 10.1. The topological polar surface area (TPSA) is 55.8 Å². The molecule has 4 heteroatoms. The van der Waals surface area contributed by atoms with Crippen LogP contribution in [0, 0.1) is 11.8 Å². The molecule has 0 aromatic heterocycles. The van der Waals surface area contributed by atoms with Gasteiger partial charge in [0.15, 0.2) is 0 Å². The summed E-state index contributed by atoms with van der Waals surface area (Å²) in [5.74, 6) is -0.789. The summed E-state index contributed by atoms with van der Waals surface area (Å²) in [4.78, 5) is 11.5. The van der Waals surface area contributed by atoms with Crippen molar-refractivity contribution in [3.63, 3.8) is 0 Å². The average Bonchev–Trinajstić information content (AvgIpc) is 2.69. The van der Waals surface area contributed by atoms with Crippen LogP contribution in [0.25, 0.3) is 0 Å². The molecule has 0 saturated carbocycles. The molecule has 1 heterocycles. The number of methoxy groups -OCH3 is 1. The van der Waals surface area contributed by atoms with Crippen molar-refractivity contribution in [3.05, 3.63) is 0 Å². The summed E-state index contributed by atoms with van der Waals surface area (Å²) in [5.41, 5.74) is 0. The Kier molecular flexibility index (Phi) is 4.54. The van der Waals surface area contributed by atoms with Gasteiger partial charge in [0.05, 0.1) is 25.2 Å². The van der Waals surface area contributed by atoms with Crippen LogP contribution in [-0.2, 0) is 14.3 Å². The minimum absolute atomic E-state index is 0.0525. The Labute approximate surface area is 90.6 Å². The SMILES string of the molecule is COC(=O)C(C(C)C)C(O)C1CCCO1. The lowest BCUT2D eigenvalue weighted by Gasteiger charge is -2.27. The highest BCUT2D eigenvalue weighted by atomic mass is 16.5. The van der Waals surface area contributed by atoms with Crippen LogP contribution in [0.3, 0.4) is 0 Å². The molecule has 3 atom stereocenters. The van der Waals surface area contributed by atoms with Gasteiger partial charge in [0.25, 0.3) is 0 Å². The fourth-order valence-corrected chi connectivity index (χ4v) is 2.05. The van der Waals surface area contributed by atoms with Gasteiger partial charge in [-0.3, -0.25) is 4.79 Å². The van der Waals surface area contributed by atoms with Crippen LogP contribution in [0.1, 0.15) is 26.7 Å². The predicted octanol–water partition coefficient (Wildman–Crippen LogP) is 0.971. The van der Waals surface area contributed by atoms with E-state index in [-0.39, 0.29) is 18.0 Å². The van der Waals surface area contributed by atoms with Crippen molar-refractivity contribution in [1.82, 2.24) is 0 Å². The van der Waals surface area contributed by atoms with Crippen LogP contribution in [0.15, 0.2) is 0 Å². The molecule has 1 rings (SSSR count). The second-order valence-electron chi connectivity index (χ2n) is 4.34. The van der Waals surface area contributed by atoms with E-state index in [1.807, 2.05) is 13.8 Å². The lowest BCUT2D eigenvalue weighted by Crippen LogP contribution is -2.41. The highest BCUT2D eigenvalue weighted by molar-refractivity contribution is 5.73. The molecule has 0 aromatic carbocycles. The summed E-state index contributed by atoms with van der Waals surface area (Å²) in [6.07, 6.45) is 0.811. The van der Waals surface area contributed by atoms with E-state index in [0.717, 1.165) is 12.8 Å². The average molecular weight is 216 g/mol. The van der Waals surface area contributed by atoms with Crippen LogP contribution in [0.4, 0.5) is 0 Å². The number of aliphatic hydroxyl groups is 1. The van der Waals surface area contributed by atoms with E-state index in [0.29, 0.717) is 6.61 Å². The molecule has 0 aliphatic carbocycles. The fourth-order valence-electron chi connectivity index (χ4n) is 2.05. The van der Waals surface area contributed by atoms with E-state index >= 15 is 0 Å². The van der Waals surface area contributed by atoms with Crippen LogP contribution >= 0.6 is 0 Å². The Morgan fingerprint density at radius 2 is 2.20 bits per heavy atom. The molecular formula is C11H20O4. The molecule has 1 fully saturated rings. The Morgan fingerprint density at radius 3 is 2.60 bits per heavy atom. The van der Waals surface area contributed by atoms with Crippen molar-refractivity contribution in [1.29, 1.82) is 0 Å². The number of hydrogen-bond acceptors (Lipinski definition) is 4. The normalized spacial score (nSPS) is 25.3. The maximum Gasteiger partial charge on any atom is 0.311 e. The Hall–Kier alpha value is -0.610. The van der Waals surface area contributed by atoms with Crippen molar-refractivity contribution in [3.8, 4) is 0 Å². The van der Waals surface area contributed by atoms with Gasteiger partial charge in [-0.25, -0.2) is 0 Å². The largest absolute Gasteiger partial charge is 0.469 e. The van der Waals surface area contributed by atoms with Gasteiger partial charge < -0.3 is 14.6 Å². The van der Waals surface area contributed by atoms with Gasteiger partial charge in [0, 0.05) is 6.61 Å². The number of carbonyl (C=O) groups excluding carboxylic acids is 1. The summed E-state index contributed by atoms with van der Waals surface area (Å²) in [7, 11) is 1.35. The van der Waals surface area contributed by atoms with Crippen molar-refractivity contribution in [2.45, 2.75) is 38.9 Å². The van der Waals surface area contributed by atoms with Crippen LogP contribution in [-0.4, -0.2) is 37.0 Å². The van der Waals surface area contributed by atoms with Crippen LogP contribution in [0.2, 0.25) is 0 Å². The van der Waals surface area contributed by atoms with E-state index in [4.69, 9.17) is 9.47 Å². The zero-order valence-corrected chi connectivity index (χ0v) is 9.60. The van der Waals surface area contributed by atoms with E-state index < -0.39 is 12.0 Å². The van der Waals surface area contributed by atoms with E-state index in [1.54, 1.807) is 0 Å². The maximum atomic E-state index is 11.5. The number of aliphatic hydroxyl groups excluding tert-OH is 1. The number of hydrogen-bond donors (Lipinski definition) is 1. The molecule has 4 nitrogen and oxygen atoms in total. The van der Waals surface area contributed by atoms with Gasteiger partial charge in [-0.1, -0.05) is 13.8 Å². The molecule has 0 aromatic rings.